The van der Waals surface area contributed by atoms with Gasteiger partial charge in [-0.3, -0.25) is 4.79 Å². The van der Waals surface area contributed by atoms with E-state index in [1.54, 1.807) is 0 Å². The lowest BCUT2D eigenvalue weighted by Crippen LogP contribution is -2.23. The van der Waals surface area contributed by atoms with Crippen molar-refractivity contribution in [2.24, 2.45) is 0 Å². The van der Waals surface area contributed by atoms with Gasteiger partial charge in [-0.05, 0) is 18.2 Å². The van der Waals surface area contributed by atoms with Crippen molar-refractivity contribution < 1.29 is 18.0 Å². The zero-order valence-electron chi connectivity index (χ0n) is 8.95. The van der Waals surface area contributed by atoms with Gasteiger partial charge >= 0.3 is 6.18 Å². The number of alkyl halides is 3. The number of hydrogen-bond acceptors (Lipinski definition) is 3. The number of rotatable bonds is 2. The van der Waals surface area contributed by atoms with Crippen LogP contribution in [0.5, 0.6) is 0 Å². The van der Waals surface area contributed by atoms with Gasteiger partial charge < -0.3 is 0 Å². The molecule has 0 spiro atoms. The Kier molecular flexibility index (Phi) is 3.51. The van der Waals surface area contributed by atoms with E-state index < -0.39 is 17.7 Å². The van der Waals surface area contributed by atoms with E-state index in [-0.39, 0.29) is 10.0 Å². The maximum absolute atomic E-state index is 12.2. The van der Waals surface area contributed by atoms with Crippen molar-refractivity contribution in [3.05, 3.63) is 40.1 Å². The number of nitrogens with zero attached hydrogens (tertiary/aromatic N) is 3. The lowest BCUT2D eigenvalue weighted by atomic mass is 10.3. The monoisotopic (exact) mass is 309 g/mol. The quantitative estimate of drug-likeness (QED) is 0.800. The number of carbonyl (C=O) groups is 1. The fourth-order valence-corrected chi connectivity index (χ4v) is 1.56. The van der Waals surface area contributed by atoms with E-state index in [9.17, 15) is 18.0 Å². The summed E-state index contributed by atoms with van der Waals surface area (Å²) in [6, 6.07) is 4.32. The molecule has 0 unspecified atom stereocenters. The molecule has 19 heavy (non-hydrogen) atoms. The maximum Gasteiger partial charge on any atom is 0.456 e. The predicted octanol–water partition coefficient (Wildman–Crippen LogP) is 3.32. The van der Waals surface area contributed by atoms with E-state index in [0.717, 1.165) is 10.9 Å². The Morgan fingerprint density at radius 2 is 1.89 bits per heavy atom. The molecule has 0 saturated carbocycles. The minimum absolute atomic E-state index is 0.207. The molecule has 2 aromatic rings. The summed E-state index contributed by atoms with van der Waals surface area (Å²) in [6.45, 7) is 0. The van der Waals surface area contributed by atoms with Crippen LogP contribution < -0.4 is 0 Å². The molecular weight excluding hydrogens is 306 g/mol. The van der Waals surface area contributed by atoms with Crippen molar-refractivity contribution in [1.82, 2.24) is 15.0 Å². The van der Waals surface area contributed by atoms with Crippen LogP contribution in [0.4, 0.5) is 13.2 Å². The van der Waals surface area contributed by atoms with Crippen molar-refractivity contribution in [3.8, 4) is 5.69 Å². The van der Waals surface area contributed by atoms with Gasteiger partial charge in [0.05, 0.1) is 21.9 Å². The molecule has 1 aromatic carbocycles. The molecule has 0 fully saturated rings. The van der Waals surface area contributed by atoms with Gasteiger partial charge in [-0.1, -0.05) is 28.4 Å². The first kappa shape index (κ1) is 13.8. The Morgan fingerprint density at radius 3 is 2.47 bits per heavy atom. The second-order valence-electron chi connectivity index (χ2n) is 3.47. The fraction of sp³-hybridized carbons (Fsp3) is 0.100. The van der Waals surface area contributed by atoms with E-state index in [0.29, 0.717) is 5.69 Å². The third-order valence-electron chi connectivity index (χ3n) is 2.15. The Hall–Kier alpha value is -1.60. The van der Waals surface area contributed by atoms with Crippen LogP contribution >= 0.6 is 23.2 Å². The van der Waals surface area contributed by atoms with Crippen LogP contribution in [0.25, 0.3) is 5.69 Å². The fourth-order valence-electron chi connectivity index (χ4n) is 1.27. The third kappa shape index (κ3) is 2.87. The van der Waals surface area contributed by atoms with Crippen LogP contribution in [-0.4, -0.2) is 27.0 Å². The third-order valence-corrected chi connectivity index (χ3v) is 2.89. The van der Waals surface area contributed by atoms with E-state index in [4.69, 9.17) is 23.2 Å². The highest BCUT2D eigenvalue weighted by Crippen LogP contribution is 2.25. The van der Waals surface area contributed by atoms with E-state index in [1.807, 2.05) is 0 Å². The van der Waals surface area contributed by atoms with Gasteiger partial charge in [0.2, 0.25) is 0 Å². The predicted molar refractivity (Wildman–Crippen MR) is 61.8 cm³/mol. The van der Waals surface area contributed by atoms with Crippen molar-refractivity contribution in [3.63, 3.8) is 0 Å². The number of carbonyl (C=O) groups excluding carboxylic acids is 1. The second kappa shape index (κ2) is 4.82. The smallest absolute Gasteiger partial charge is 0.282 e. The highest BCUT2D eigenvalue weighted by molar-refractivity contribution is 6.42. The first-order chi connectivity index (χ1) is 8.79. The summed E-state index contributed by atoms with van der Waals surface area (Å²) in [7, 11) is 0. The van der Waals surface area contributed by atoms with Crippen LogP contribution in [0.3, 0.4) is 0 Å². The summed E-state index contributed by atoms with van der Waals surface area (Å²) in [5.41, 5.74) is -0.457. The minimum Gasteiger partial charge on any atom is -0.282 e. The van der Waals surface area contributed by atoms with Gasteiger partial charge in [0.1, 0.15) is 0 Å². The molecule has 0 N–H and O–H groups in total. The van der Waals surface area contributed by atoms with Crippen molar-refractivity contribution in [2.45, 2.75) is 6.18 Å². The van der Waals surface area contributed by atoms with Gasteiger partial charge in [0.25, 0.3) is 5.78 Å². The summed E-state index contributed by atoms with van der Waals surface area (Å²) in [4.78, 5) is 10.9. The Labute approximate surface area is 114 Å². The Morgan fingerprint density at radius 1 is 1.21 bits per heavy atom. The molecule has 0 atom stereocenters. The molecule has 0 amide bonds. The summed E-state index contributed by atoms with van der Waals surface area (Å²) in [5.74, 6) is -2.06. The van der Waals surface area contributed by atoms with E-state index >= 15 is 0 Å². The average molecular weight is 310 g/mol. The normalized spacial score (nSPS) is 11.6. The lowest BCUT2D eigenvalue weighted by molar-refractivity contribution is -0.0888. The standard InChI is InChI=1S/C10H4Cl2F3N3O/c11-6-2-1-5(3-7(6)12)18-4-8(16-17-18)9(19)10(13,14)15/h1-4H. The Bertz CT molecular complexity index is 639. The highest BCUT2D eigenvalue weighted by Gasteiger charge is 2.41. The number of hydrogen-bond donors (Lipinski definition) is 0. The van der Waals surface area contributed by atoms with E-state index in [1.165, 1.54) is 18.2 Å². The van der Waals surface area contributed by atoms with Crippen molar-refractivity contribution in [1.29, 1.82) is 0 Å². The molecule has 4 nitrogen and oxygen atoms in total. The van der Waals surface area contributed by atoms with Crippen LogP contribution in [-0.2, 0) is 0 Å². The summed E-state index contributed by atoms with van der Waals surface area (Å²) in [5, 5.41) is 7.11. The van der Waals surface area contributed by atoms with Gasteiger partial charge in [-0.25, -0.2) is 4.68 Å². The zero-order chi connectivity index (χ0) is 14.2. The first-order valence-corrected chi connectivity index (χ1v) is 5.54. The molecule has 0 aliphatic heterocycles. The molecule has 1 aromatic heterocycles. The lowest BCUT2D eigenvalue weighted by Gasteiger charge is -2.02. The van der Waals surface area contributed by atoms with Gasteiger partial charge in [-0.2, -0.15) is 13.2 Å². The number of benzene rings is 1. The largest absolute Gasteiger partial charge is 0.456 e. The summed E-state index contributed by atoms with van der Waals surface area (Å²) < 4.78 is 37.6. The molecule has 9 heteroatoms. The molecule has 0 saturated heterocycles. The van der Waals surface area contributed by atoms with Crippen LogP contribution in [0, 0.1) is 0 Å². The molecular formula is C10H4Cl2F3N3O. The molecule has 0 aliphatic rings. The van der Waals surface area contributed by atoms with Crippen LogP contribution in [0.2, 0.25) is 10.0 Å². The SMILES string of the molecule is O=C(c1cn(-c2ccc(Cl)c(Cl)c2)nn1)C(F)(F)F. The second-order valence-corrected chi connectivity index (χ2v) is 4.29. The van der Waals surface area contributed by atoms with Crippen molar-refractivity contribution in [2.75, 3.05) is 0 Å². The van der Waals surface area contributed by atoms with Crippen LogP contribution in [0.1, 0.15) is 10.5 Å². The number of ketones is 1. The Balaban J connectivity index is 2.36. The van der Waals surface area contributed by atoms with Gasteiger partial charge in [0.15, 0.2) is 5.69 Å². The molecule has 100 valence electrons. The first-order valence-electron chi connectivity index (χ1n) is 4.78. The van der Waals surface area contributed by atoms with E-state index in [2.05, 4.69) is 10.3 Å². The minimum atomic E-state index is -4.99. The zero-order valence-corrected chi connectivity index (χ0v) is 10.5. The van der Waals surface area contributed by atoms with Gasteiger partial charge in [0, 0.05) is 0 Å². The number of Topliss-reactive ketones (excluding diaryl/α,β-unsaturated/α-hetero) is 1. The number of aromatic nitrogens is 3. The molecule has 0 radical (unpaired) electrons. The number of halogens is 5. The highest BCUT2D eigenvalue weighted by atomic mass is 35.5. The summed E-state index contributed by atoms with van der Waals surface area (Å²) >= 11 is 11.5. The average Bonchev–Trinajstić information content (AvgIpc) is 2.79. The van der Waals surface area contributed by atoms with Crippen LogP contribution in [0.15, 0.2) is 24.4 Å². The topological polar surface area (TPSA) is 47.8 Å². The molecule has 2 rings (SSSR count). The summed E-state index contributed by atoms with van der Waals surface area (Å²) in [6.07, 6.45) is -4.12. The van der Waals surface area contributed by atoms with Crippen molar-refractivity contribution >= 4 is 29.0 Å². The molecule has 0 aliphatic carbocycles. The molecule has 1 heterocycles. The maximum atomic E-state index is 12.2. The van der Waals surface area contributed by atoms with Gasteiger partial charge in [-0.15, -0.1) is 5.10 Å². The molecule has 0 bridgehead atoms.